The van der Waals surface area contributed by atoms with Gasteiger partial charge >= 0.3 is 0 Å². The lowest BCUT2D eigenvalue weighted by Crippen LogP contribution is -2.47. The quantitative estimate of drug-likeness (QED) is 0.708. The summed E-state index contributed by atoms with van der Waals surface area (Å²) in [6.45, 7) is 7.78. The summed E-state index contributed by atoms with van der Waals surface area (Å²) in [6.07, 6.45) is 2.09. The zero-order valence-electron chi connectivity index (χ0n) is 15.1. The van der Waals surface area contributed by atoms with Crippen molar-refractivity contribution in [2.24, 2.45) is 5.41 Å². The maximum Gasteiger partial charge on any atom is 0.230 e. The fourth-order valence-corrected chi connectivity index (χ4v) is 3.80. The molecule has 24 heavy (non-hydrogen) atoms. The Morgan fingerprint density at radius 1 is 1.29 bits per heavy atom. The fraction of sp³-hybridized carbons (Fsp3) is 0.632. The second-order valence-corrected chi connectivity index (χ2v) is 8.02. The van der Waals surface area contributed by atoms with Crippen LogP contribution in [0.1, 0.15) is 38.2 Å². The first-order valence-electron chi connectivity index (χ1n) is 8.74. The third-order valence-corrected chi connectivity index (χ3v) is 5.70. The minimum Gasteiger partial charge on any atom is -0.384 e. The zero-order valence-corrected chi connectivity index (χ0v) is 15.9. The van der Waals surface area contributed by atoms with E-state index >= 15 is 0 Å². The number of ether oxygens (including phenoxy) is 1. The molecule has 5 heteroatoms. The minimum absolute atomic E-state index is 0.0826. The Labute approximate surface area is 150 Å². The van der Waals surface area contributed by atoms with Crippen LogP contribution in [-0.2, 0) is 9.53 Å². The van der Waals surface area contributed by atoms with Gasteiger partial charge in [0.05, 0.1) is 12.4 Å². The van der Waals surface area contributed by atoms with Gasteiger partial charge in [-0.05, 0) is 49.5 Å². The molecule has 0 radical (unpaired) electrons. The highest BCUT2D eigenvalue weighted by molar-refractivity contribution is 8.00. The van der Waals surface area contributed by atoms with Gasteiger partial charge < -0.3 is 15.4 Å². The maximum absolute atomic E-state index is 12.2. The number of methoxy groups -OCH3 is 1. The molecule has 0 aromatic heterocycles. The fourth-order valence-electron chi connectivity index (χ4n) is 3.07. The van der Waals surface area contributed by atoms with Gasteiger partial charge in [0.2, 0.25) is 5.91 Å². The number of amides is 1. The van der Waals surface area contributed by atoms with E-state index in [1.165, 1.54) is 5.56 Å². The van der Waals surface area contributed by atoms with E-state index in [9.17, 15) is 4.79 Å². The average molecular weight is 351 g/mol. The minimum atomic E-state index is 0.0826. The van der Waals surface area contributed by atoms with Crippen LogP contribution in [0.15, 0.2) is 29.2 Å². The molecule has 0 aliphatic carbocycles. The van der Waals surface area contributed by atoms with E-state index in [0.717, 1.165) is 30.8 Å². The molecule has 1 aliphatic rings. The van der Waals surface area contributed by atoms with Crippen molar-refractivity contribution in [3.8, 4) is 0 Å². The highest BCUT2D eigenvalue weighted by Crippen LogP contribution is 2.28. The second kappa shape index (κ2) is 9.44. The normalized spacial score (nSPS) is 17.0. The third-order valence-electron chi connectivity index (χ3n) is 4.69. The summed E-state index contributed by atoms with van der Waals surface area (Å²) in [4.78, 5) is 13.3. The van der Waals surface area contributed by atoms with Crippen molar-refractivity contribution in [2.75, 3.05) is 39.1 Å². The maximum atomic E-state index is 12.2. The first-order valence-corrected chi connectivity index (χ1v) is 9.72. The molecule has 0 bridgehead atoms. The third kappa shape index (κ3) is 5.80. The predicted molar refractivity (Wildman–Crippen MR) is 101 cm³/mol. The Morgan fingerprint density at radius 2 is 1.96 bits per heavy atom. The monoisotopic (exact) mass is 350 g/mol. The molecular weight excluding hydrogens is 320 g/mol. The molecule has 0 spiro atoms. The Hall–Kier alpha value is -1.04. The van der Waals surface area contributed by atoms with E-state index < -0.39 is 0 Å². The lowest BCUT2D eigenvalue weighted by Gasteiger charge is -2.37. The SMILES string of the molecule is COCC1(CNC(=O)CSc2ccc(C(C)C)cc2)CCNCC1. The lowest BCUT2D eigenvalue weighted by atomic mass is 9.79. The summed E-state index contributed by atoms with van der Waals surface area (Å²) in [5, 5.41) is 6.48. The van der Waals surface area contributed by atoms with E-state index in [1.54, 1.807) is 18.9 Å². The molecular formula is C19H30N2O2S. The van der Waals surface area contributed by atoms with E-state index in [2.05, 4.69) is 48.7 Å². The highest BCUT2D eigenvalue weighted by Gasteiger charge is 2.32. The summed E-state index contributed by atoms with van der Waals surface area (Å²) in [5.74, 6) is 1.10. The molecule has 134 valence electrons. The lowest BCUT2D eigenvalue weighted by molar-refractivity contribution is -0.119. The van der Waals surface area contributed by atoms with Crippen LogP contribution in [0.5, 0.6) is 0 Å². The van der Waals surface area contributed by atoms with Crippen molar-refractivity contribution in [2.45, 2.75) is 37.5 Å². The van der Waals surface area contributed by atoms with Gasteiger partial charge in [0.1, 0.15) is 0 Å². The van der Waals surface area contributed by atoms with Crippen molar-refractivity contribution in [3.63, 3.8) is 0 Å². The van der Waals surface area contributed by atoms with Crippen molar-refractivity contribution in [1.29, 1.82) is 0 Å². The van der Waals surface area contributed by atoms with E-state index in [0.29, 0.717) is 24.8 Å². The van der Waals surface area contributed by atoms with Crippen LogP contribution in [0, 0.1) is 5.41 Å². The number of piperidine rings is 1. The van der Waals surface area contributed by atoms with Gasteiger partial charge in [-0.2, -0.15) is 0 Å². The average Bonchev–Trinajstić information content (AvgIpc) is 2.60. The molecule has 1 aliphatic heterocycles. The van der Waals surface area contributed by atoms with Crippen LogP contribution in [0.4, 0.5) is 0 Å². The molecule has 0 unspecified atom stereocenters. The first kappa shape index (κ1) is 19.3. The summed E-state index contributed by atoms with van der Waals surface area (Å²) in [7, 11) is 1.74. The summed E-state index contributed by atoms with van der Waals surface area (Å²) >= 11 is 1.59. The van der Waals surface area contributed by atoms with Gasteiger partial charge in [-0.15, -0.1) is 11.8 Å². The smallest absolute Gasteiger partial charge is 0.230 e. The second-order valence-electron chi connectivity index (χ2n) is 6.97. The van der Waals surface area contributed by atoms with Crippen molar-refractivity contribution in [1.82, 2.24) is 10.6 Å². The van der Waals surface area contributed by atoms with Crippen molar-refractivity contribution in [3.05, 3.63) is 29.8 Å². The number of carbonyl (C=O) groups is 1. The summed E-state index contributed by atoms with van der Waals surface area (Å²) < 4.78 is 5.39. The van der Waals surface area contributed by atoms with Gasteiger partial charge in [-0.1, -0.05) is 26.0 Å². The number of nitrogens with one attached hydrogen (secondary N) is 2. The molecule has 1 aromatic rings. The van der Waals surface area contributed by atoms with Crippen molar-refractivity contribution < 1.29 is 9.53 Å². The molecule has 1 fully saturated rings. The van der Waals surface area contributed by atoms with Gasteiger partial charge in [0, 0.05) is 24.0 Å². The van der Waals surface area contributed by atoms with Gasteiger partial charge in [0.15, 0.2) is 0 Å². The van der Waals surface area contributed by atoms with Crippen LogP contribution < -0.4 is 10.6 Å². The molecule has 2 rings (SSSR count). The van der Waals surface area contributed by atoms with Crippen LogP contribution in [-0.4, -0.2) is 45.0 Å². The van der Waals surface area contributed by atoms with Crippen LogP contribution in [0.2, 0.25) is 0 Å². The van der Waals surface area contributed by atoms with E-state index in [1.807, 2.05) is 0 Å². The number of rotatable bonds is 8. The molecule has 4 nitrogen and oxygen atoms in total. The Kier molecular flexibility index (Phi) is 7.59. The van der Waals surface area contributed by atoms with E-state index in [-0.39, 0.29) is 11.3 Å². The number of hydrogen-bond donors (Lipinski definition) is 2. The first-order chi connectivity index (χ1) is 11.5. The van der Waals surface area contributed by atoms with Gasteiger partial charge in [-0.25, -0.2) is 0 Å². The highest BCUT2D eigenvalue weighted by atomic mass is 32.2. The summed E-state index contributed by atoms with van der Waals surface area (Å²) in [5.41, 5.74) is 1.41. The number of thioether (sulfide) groups is 1. The number of hydrogen-bond acceptors (Lipinski definition) is 4. The standard InChI is InChI=1S/C19H30N2O2S/c1-15(2)16-4-6-17(7-5-16)24-12-18(22)21-13-19(14-23-3)8-10-20-11-9-19/h4-7,15,20H,8-14H2,1-3H3,(H,21,22). The molecule has 1 heterocycles. The molecule has 0 saturated carbocycles. The topological polar surface area (TPSA) is 50.4 Å². The number of carbonyl (C=O) groups excluding carboxylic acids is 1. The van der Waals surface area contributed by atoms with Crippen LogP contribution >= 0.6 is 11.8 Å². The molecule has 1 saturated heterocycles. The number of benzene rings is 1. The molecule has 2 N–H and O–H groups in total. The van der Waals surface area contributed by atoms with Crippen molar-refractivity contribution >= 4 is 17.7 Å². The Balaban J connectivity index is 1.78. The zero-order chi connectivity index (χ0) is 17.4. The Morgan fingerprint density at radius 3 is 2.54 bits per heavy atom. The van der Waals surface area contributed by atoms with Crippen LogP contribution in [0.3, 0.4) is 0 Å². The van der Waals surface area contributed by atoms with Crippen LogP contribution in [0.25, 0.3) is 0 Å². The van der Waals surface area contributed by atoms with Gasteiger partial charge in [-0.3, -0.25) is 4.79 Å². The van der Waals surface area contributed by atoms with Gasteiger partial charge in [0.25, 0.3) is 0 Å². The van der Waals surface area contributed by atoms with E-state index in [4.69, 9.17) is 4.74 Å². The predicted octanol–water partition coefficient (Wildman–Crippen LogP) is 3.03. The molecule has 1 amide bonds. The Bertz CT molecular complexity index is 505. The molecule has 1 aromatic carbocycles. The summed E-state index contributed by atoms with van der Waals surface area (Å²) in [6, 6.07) is 8.50. The largest absolute Gasteiger partial charge is 0.384 e. The molecule has 0 atom stereocenters.